The van der Waals surface area contributed by atoms with Crippen LogP contribution in [0.25, 0.3) is 26.0 Å². The minimum Gasteiger partial charge on any atom is -0.465 e. The maximum Gasteiger partial charge on any atom is 0.316 e. The summed E-state index contributed by atoms with van der Waals surface area (Å²) in [5.74, 6) is -0.229. The van der Waals surface area contributed by atoms with Crippen LogP contribution in [0.3, 0.4) is 0 Å². The summed E-state index contributed by atoms with van der Waals surface area (Å²) in [6.45, 7) is 4.09. The maximum absolute atomic E-state index is 13.4. The predicted molar refractivity (Wildman–Crippen MR) is 115 cm³/mol. The van der Waals surface area contributed by atoms with Crippen molar-refractivity contribution in [2.24, 2.45) is 0 Å². The molecule has 0 aliphatic rings. The van der Waals surface area contributed by atoms with Gasteiger partial charge in [-0.15, -0.1) is 11.3 Å². The van der Waals surface area contributed by atoms with E-state index >= 15 is 0 Å². The van der Waals surface area contributed by atoms with Gasteiger partial charge in [0.1, 0.15) is 4.70 Å². The van der Waals surface area contributed by atoms with Crippen molar-refractivity contribution >= 4 is 49.4 Å². The monoisotopic (exact) mass is 410 g/mol. The van der Waals surface area contributed by atoms with Crippen molar-refractivity contribution in [2.45, 2.75) is 19.0 Å². The molecule has 0 saturated carbocycles. The predicted octanol–water partition coefficient (Wildman–Crippen LogP) is 4.56. The normalized spacial score (nSPS) is 11.2. The van der Waals surface area contributed by atoms with Gasteiger partial charge in [-0.25, -0.2) is 4.98 Å². The van der Waals surface area contributed by atoms with Crippen LogP contribution in [0.2, 0.25) is 0 Å². The molecule has 7 heteroatoms. The number of benzene rings is 2. The van der Waals surface area contributed by atoms with E-state index in [2.05, 4.69) is 0 Å². The van der Waals surface area contributed by atoms with E-state index in [1.165, 1.54) is 23.1 Å². The topological polar surface area (TPSA) is 61.2 Å². The molecule has 0 saturated heterocycles. The third-order valence-corrected chi connectivity index (χ3v) is 6.34. The second-order valence-corrected chi connectivity index (χ2v) is 8.23. The Morgan fingerprint density at radius 2 is 1.93 bits per heavy atom. The minimum atomic E-state index is -0.326. The lowest BCUT2D eigenvalue weighted by molar-refractivity contribution is -0.139. The zero-order chi connectivity index (χ0) is 19.7. The van der Waals surface area contributed by atoms with Crippen LogP contribution in [0, 0.1) is 6.92 Å². The molecule has 0 radical (unpaired) electrons. The van der Waals surface area contributed by atoms with Gasteiger partial charge in [-0.1, -0.05) is 47.7 Å². The van der Waals surface area contributed by atoms with E-state index in [1.54, 1.807) is 11.5 Å². The minimum absolute atomic E-state index is 0.0969. The number of ether oxygens (including phenoxy) is 1. The van der Waals surface area contributed by atoms with Gasteiger partial charge in [-0.2, -0.15) is 0 Å². The summed E-state index contributed by atoms with van der Waals surface area (Å²) < 4.78 is 8.24. The van der Waals surface area contributed by atoms with Crippen molar-refractivity contribution in [3.05, 3.63) is 64.4 Å². The number of aryl methyl sites for hydroxylation is 1. The molecule has 2 aromatic carbocycles. The number of fused-ring (bicyclic) bond motifs is 3. The molecule has 0 N–H and O–H groups in total. The number of hydrogen-bond acceptors (Lipinski definition) is 6. The van der Waals surface area contributed by atoms with E-state index in [4.69, 9.17) is 9.72 Å². The number of esters is 1. The average molecular weight is 411 g/mol. The van der Waals surface area contributed by atoms with Crippen LogP contribution < -0.4 is 5.56 Å². The van der Waals surface area contributed by atoms with Gasteiger partial charge in [-0.3, -0.25) is 14.2 Å². The molecule has 2 aromatic heterocycles. The first-order chi connectivity index (χ1) is 13.6. The summed E-state index contributed by atoms with van der Waals surface area (Å²) >= 11 is 2.66. The highest BCUT2D eigenvalue weighted by atomic mass is 32.2. The third-order valence-electron chi connectivity index (χ3n) is 4.28. The smallest absolute Gasteiger partial charge is 0.316 e. The van der Waals surface area contributed by atoms with Crippen molar-refractivity contribution in [3.63, 3.8) is 0 Å². The highest BCUT2D eigenvalue weighted by molar-refractivity contribution is 7.99. The molecule has 5 nitrogen and oxygen atoms in total. The van der Waals surface area contributed by atoms with Crippen LogP contribution in [-0.2, 0) is 9.53 Å². The fraction of sp³-hybridized carbons (Fsp3) is 0.190. The number of aromatic nitrogens is 2. The van der Waals surface area contributed by atoms with Crippen LogP contribution in [-0.4, -0.2) is 27.9 Å². The Hall–Kier alpha value is -2.64. The van der Waals surface area contributed by atoms with Gasteiger partial charge in [0.25, 0.3) is 5.56 Å². The number of hydrogen-bond donors (Lipinski definition) is 0. The van der Waals surface area contributed by atoms with Crippen LogP contribution in [0.4, 0.5) is 0 Å². The summed E-state index contributed by atoms with van der Waals surface area (Å²) in [6, 6.07) is 15.5. The molecule has 4 rings (SSSR count). The van der Waals surface area contributed by atoms with Gasteiger partial charge in [-0.05, 0) is 32.0 Å². The first-order valence-corrected chi connectivity index (χ1v) is 10.7. The molecule has 0 aliphatic heterocycles. The lowest BCUT2D eigenvalue weighted by Crippen LogP contribution is -2.21. The Bertz CT molecular complexity index is 1230. The largest absolute Gasteiger partial charge is 0.465 e. The maximum atomic E-state index is 13.4. The number of thioether (sulfide) groups is 1. The molecule has 0 aliphatic carbocycles. The lowest BCUT2D eigenvalue weighted by Gasteiger charge is -2.12. The van der Waals surface area contributed by atoms with Gasteiger partial charge in [0.15, 0.2) is 5.16 Å². The fourth-order valence-corrected chi connectivity index (χ4v) is 4.84. The van der Waals surface area contributed by atoms with Crippen LogP contribution in [0.15, 0.2) is 58.5 Å². The Balaban J connectivity index is 1.93. The highest BCUT2D eigenvalue weighted by Gasteiger charge is 2.18. The van der Waals surface area contributed by atoms with E-state index in [1.807, 2.05) is 55.5 Å². The van der Waals surface area contributed by atoms with Gasteiger partial charge < -0.3 is 4.74 Å². The van der Waals surface area contributed by atoms with Crippen molar-refractivity contribution in [2.75, 3.05) is 12.4 Å². The molecule has 0 atom stereocenters. The van der Waals surface area contributed by atoms with E-state index in [-0.39, 0.29) is 17.3 Å². The molecular weight excluding hydrogens is 392 g/mol. The van der Waals surface area contributed by atoms with Gasteiger partial charge in [0.2, 0.25) is 0 Å². The second kappa shape index (κ2) is 7.77. The number of carbonyl (C=O) groups excluding carboxylic acids is 1. The number of carbonyl (C=O) groups is 1. The van der Waals surface area contributed by atoms with Crippen molar-refractivity contribution < 1.29 is 9.53 Å². The Kier molecular flexibility index (Phi) is 5.19. The molecule has 4 aromatic rings. The van der Waals surface area contributed by atoms with Crippen molar-refractivity contribution in [1.29, 1.82) is 0 Å². The molecule has 0 amide bonds. The SMILES string of the molecule is CCOC(=O)CSc1nc2c(sc3ccccc32)c(=O)n1-c1ccc(C)cc1. The van der Waals surface area contributed by atoms with E-state index in [0.717, 1.165) is 21.3 Å². The molecule has 2 heterocycles. The van der Waals surface area contributed by atoms with Crippen LogP contribution in [0.1, 0.15) is 12.5 Å². The quantitative estimate of drug-likeness (QED) is 0.274. The van der Waals surface area contributed by atoms with Gasteiger partial charge in [0, 0.05) is 10.1 Å². The molecule has 142 valence electrons. The Morgan fingerprint density at radius 1 is 1.18 bits per heavy atom. The Morgan fingerprint density at radius 3 is 2.68 bits per heavy atom. The first-order valence-electron chi connectivity index (χ1n) is 8.88. The summed E-state index contributed by atoms with van der Waals surface area (Å²) in [4.78, 5) is 30.0. The van der Waals surface area contributed by atoms with Crippen LogP contribution >= 0.6 is 23.1 Å². The van der Waals surface area contributed by atoms with E-state index in [9.17, 15) is 9.59 Å². The summed E-state index contributed by atoms with van der Waals surface area (Å²) in [5.41, 5.74) is 2.39. The summed E-state index contributed by atoms with van der Waals surface area (Å²) in [5, 5.41) is 1.44. The number of nitrogens with zero attached hydrogens (tertiary/aromatic N) is 2. The number of rotatable bonds is 5. The van der Waals surface area contributed by atoms with E-state index < -0.39 is 0 Å². The van der Waals surface area contributed by atoms with E-state index in [0.29, 0.717) is 22.0 Å². The fourth-order valence-electron chi connectivity index (χ4n) is 2.97. The van der Waals surface area contributed by atoms with Gasteiger partial charge in [0.05, 0.1) is 23.6 Å². The zero-order valence-corrected chi connectivity index (χ0v) is 17.1. The highest BCUT2D eigenvalue weighted by Crippen LogP contribution is 2.32. The standard InChI is InChI=1S/C21H18N2O3S2/c1-3-26-17(24)12-27-21-22-18-15-6-4-5-7-16(15)28-19(18)20(25)23(21)14-10-8-13(2)9-11-14/h4-11H,3,12H2,1-2H3. The summed E-state index contributed by atoms with van der Waals surface area (Å²) in [6.07, 6.45) is 0. The van der Waals surface area contributed by atoms with Crippen molar-refractivity contribution in [1.82, 2.24) is 9.55 Å². The van der Waals surface area contributed by atoms with Crippen molar-refractivity contribution in [3.8, 4) is 5.69 Å². The molecule has 28 heavy (non-hydrogen) atoms. The number of thiophene rings is 1. The molecule has 0 fully saturated rings. The molecule has 0 unspecified atom stereocenters. The zero-order valence-electron chi connectivity index (χ0n) is 15.5. The Labute approximate surface area is 170 Å². The average Bonchev–Trinajstić information content (AvgIpc) is 3.07. The van der Waals surface area contributed by atoms with Gasteiger partial charge >= 0.3 is 5.97 Å². The lowest BCUT2D eigenvalue weighted by atomic mass is 10.2. The summed E-state index contributed by atoms with van der Waals surface area (Å²) in [7, 11) is 0. The molecule has 0 bridgehead atoms. The second-order valence-electron chi connectivity index (χ2n) is 6.24. The van der Waals surface area contributed by atoms with Crippen LogP contribution in [0.5, 0.6) is 0 Å². The third kappa shape index (κ3) is 3.43. The first kappa shape index (κ1) is 18.7. The molecular formula is C21H18N2O3S2. The molecule has 0 spiro atoms.